The van der Waals surface area contributed by atoms with Gasteiger partial charge in [0.25, 0.3) is 0 Å². The molecule has 0 saturated carbocycles. The summed E-state index contributed by atoms with van der Waals surface area (Å²) < 4.78 is 1.11. The van der Waals surface area contributed by atoms with E-state index in [0.29, 0.717) is 0 Å². The molecule has 0 unspecified atom stereocenters. The van der Waals surface area contributed by atoms with Crippen molar-refractivity contribution in [3.05, 3.63) is 35.9 Å². The quantitative estimate of drug-likeness (QED) is 0.177. The zero-order valence-electron chi connectivity index (χ0n) is 20.3. The second-order valence-electron chi connectivity index (χ2n) is 9.61. The minimum atomic E-state index is 0. The molecule has 0 aromatic heterocycles. The Morgan fingerprint density at radius 2 is 0.933 bits per heavy atom. The summed E-state index contributed by atoms with van der Waals surface area (Å²) in [6, 6.07) is 10.9. The van der Waals surface area contributed by atoms with Crippen molar-refractivity contribution in [1.29, 1.82) is 0 Å². The first-order chi connectivity index (χ1) is 13.6. The van der Waals surface area contributed by atoms with Crippen LogP contribution in [0.15, 0.2) is 30.3 Å². The lowest BCUT2D eigenvalue weighted by atomic mass is 10.0. The normalized spacial score (nSPS) is 11.0. The van der Waals surface area contributed by atoms with Crippen molar-refractivity contribution < 1.29 is 16.9 Å². The molecule has 0 radical (unpaired) electrons. The average Bonchev–Trinajstić information content (AvgIpc) is 2.68. The van der Waals surface area contributed by atoms with Crippen molar-refractivity contribution in [3.63, 3.8) is 0 Å². The average molecular weight is 461 g/mol. The van der Waals surface area contributed by atoms with E-state index in [1.165, 1.54) is 115 Å². The van der Waals surface area contributed by atoms with Gasteiger partial charge in [0.2, 0.25) is 0 Å². The molecule has 30 heavy (non-hydrogen) atoms. The fourth-order valence-electron chi connectivity index (χ4n) is 4.24. The van der Waals surface area contributed by atoms with Gasteiger partial charge in [0.15, 0.2) is 0 Å². The molecule has 1 aromatic carbocycles. The van der Waals surface area contributed by atoms with Gasteiger partial charge in [-0.1, -0.05) is 127 Å². The summed E-state index contributed by atoms with van der Waals surface area (Å²) >= 11 is 0. The molecule has 0 atom stereocenters. The maximum Gasteiger partial charge on any atom is 0.104 e. The maximum absolute atomic E-state index is 2.37. The van der Waals surface area contributed by atoms with Gasteiger partial charge in [0, 0.05) is 5.56 Å². The second kappa shape index (κ2) is 22.0. The Morgan fingerprint density at radius 3 is 1.33 bits per heavy atom. The lowest BCUT2D eigenvalue weighted by Gasteiger charge is -2.30. The number of hydrogen-bond donors (Lipinski definition) is 0. The largest absolute Gasteiger partial charge is 1.00 e. The molecule has 0 aliphatic heterocycles. The van der Waals surface area contributed by atoms with Crippen molar-refractivity contribution in [2.24, 2.45) is 0 Å². The van der Waals surface area contributed by atoms with Crippen LogP contribution in [0.25, 0.3) is 0 Å². The Morgan fingerprint density at radius 1 is 0.567 bits per heavy atom. The molecule has 0 heterocycles. The summed E-state index contributed by atoms with van der Waals surface area (Å²) in [4.78, 5) is 0. The van der Waals surface area contributed by atoms with Crippen LogP contribution in [-0.4, -0.2) is 25.1 Å². The predicted molar refractivity (Wildman–Crippen MR) is 134 cm³/mol. The number of hydrogen-bond acceptors (Lipinski definition) is 0. The molecule has 0 bridgehead atoms. The predicted octanol–water partition coefficient (Wildman–Crippen LogP) is 5.95. The number of halogens is 2. The van der Waals surface area contributed by atoms with Gasteiger partial charge in [-0.25, -0.2) is 0 Å². The van der Waals surface area contributed by atoms with Crippen LogP contribution in [-0.2, 0) is 6.54 Å². The van der Waals surface area contributed by atoms with Gasteiger partial charge in [-0.05, 0) is 12.8 Å². The number of nitrogens with zero attached hydrogens (tertiary/aromatic N) is 1. The Labute approximate surface area is 201 Å². The van der Waals surface area contributed by atoms with Gasteiger partial charge in [-0.3, -0.25) is 0 Å². The Bertz CT molecular complexity index is 447. The van der Waals surface area contributed by atoms with Gasteiger partial charge in [0.05, 0.1) is 20.6 Å². The van der Waals surface area contributed by atoms with Gasteiger partial charge in [-0.15, -0.1) is 12.4 Å². The molecular weight excluding hydrogens is 409 g/mol. The molecule has 0 N–H and O–H groups in total. The summed E-state index contributed by atoms with van der Waals surface area (Å²) in [5.74, 6) is 0. The van der Waals surface area contributed by atoms with Crippen LogP contribution in [0.2, 0.25) is 0 Å². The zero-order chi connectivity index (χ0) is 20.3. The van der Waals surface area contributed by atoms with Crippen LogP contribution < -0.4 is 12.4 Å². The lowest BCUT2D eigenvalue weighted by molar-refractivity contribution is -0.903. The van der Waals surface area contributed by atoms with E-state index in [4.69, 9.17) is 0 Å². The van der Waals surface area contributed by atoms with E-state index >= 15 is 0 Å². The van der Waals surface area contributed by atoms with Crippen LogP contribution >= 0.6 is 12.4 Å². The van der Waals surface area contributed by atoms with Gasteiger partial charge < -0.3 is 16.9 Å². The van der Waals surface area contributed by atoms with Crippen molar-refractivity contribution in [2.45, 2.75) is 116 Å². The van der Waals surface area contributed by atoms with Crippen molar-refractivity contribution in [2.75, 3.05) is 20.6 Å². The molecule has 3 heteroatoms. The highest BCUT2D eigenvalue weighted by molar-refractivity contribution is 5.85. The van der Waals surface area contributed by atoms with Crippen LogP contribution in [0.5, 0.6) is 0 Å². The van der Waals surface area contributed by atoms with E-state index in [0.717, 1.165) is 11.0 Å². The Kier molecular flexibility index (Phi) is 23.4. The first-order valence-electron chi connectivity index (χ1n) is 12.5. The third-order valence-corrected chi connectivity index (χ3v) is 6.07. The summed E-state index contributed by atoms with van der Waals surface area (Å²) in [5.41, 5.74) is 1.46. The molecule has 0 fully saturated rings. The van der Waals surface area contributed by atoms with E-state index in [-0.39, 0.29) is 24.8 Å². The summed E-state index contributed by atoms with van der Waals surface area (Å²) in [5, 5.41) is 0. The number of benzene rings is 1. The second-order valence-corrected chi connectivity index (χ2v) is 9.61. The molecule has 0 aliphatic rings. The van der Waals surface area contributed by atoms with Crippen molar-refractivity contribution in [3.8, 4) is 0 Å². The molecule has 0 spiro atoms. The number of rotatable bonds is 19. The number of quaternary nitrogens is 1. The fourth-order valence-corrected chi connectivity index (χ4v) is 4.24. The molecule has 0 aliphatic carbocycles. The molecule has 1 nitrogen and oxygen atoms in total. The van der Waals surface area contributed by atoms with E-state index in [1.54, 1.807) is 0 Å². The van der Waals surface area contributed by atoms with Crippen molar-refractivity contribution >= 4 is 12.4 Å². The van der Waals surface area contributed by atoms with Gasteiger partial charge in [0.1, 0.15) is 6.54 Å². The molecule has 0 saturated heterocycles. The first kappa shape index (κ1) is 31.9. The minimum absolute atomic E-state index is 0. The standard InChI is InChI=1S/C27H50N.2ClH/c1-4-5-6-7-8-9-10-11-12-13-14-15-16-17-18-22-25-28(2,3)26-27-23-20-19-21-24-27;;/h19-21,23-24H,4-18,22,25-26H2,1-3H3;2*1H/q+1;;/p-1. The fraction of sp³-hybridized carbons (Fsp3) is 0.778. The van der Waals surface area contributed by atoms with E-state index in [1.807, 2.05) is 0 Å². The first-order valence-corrected chi connectivity index (χ1v) is 12.5. The third-order valence-electron chi connectivity index (χ3n) is 6.07. The Hall–Kier alpha value is -0.240. The summed E-state index contributed by atoms with van der Waals surface area (Å²) in [6.45, 7) is 4.75. The Balaban J connectivity index is 0. The van der Waals surface area contributed by atoms with E-state index < -0.39 is 0 Å². The van der Waals surface area contributed by atoms with Gasteiger partial charge in [-0.2, -0.15) is 0 Å². The lowest BCUT2D eigenvalue weighted by Crippen LogP contribution is -3.00. The summed E-state index contributed by atoms with van der Waals surface area (Å²) in [7, 11) is 4.75. The maximum atomic E-state index is 2.37. The van der Waals surface area contributed by atoms with E-state index in [2.05, 4.69) is 51.4 Å². The molecule has 178 valence electrons. The highest BCUT2D eigenvalue weighted by Crippen LogP contribution is 2.15. The van der Waals surface area contributed by atoms with Crippen LogP contribution in [0.1, 0.15) is 115 Å². The molecule has 1 rings (SSSR count). The highest BCUT2D eigenvalue weighted by Gasteiger charge is 2.14. The third kappa shape index (κ3) is 19.7. The molecule has 0 amide bonds. The van der Waals surface area contributed by atoms with Gasteiger partial charge >= 0.3 is 0 Å². The zero-order valence-corrected chi connectivity index (χ0v) is 21.9. The van der Waals surface area contributed by atoms with E-state index in [9.17, 15) is 0 Å². The smallest absolute Gasteiger partial charge is 0.104 e. The molecular formula is C27H51Cl2N. The highest BCUT2D eigenvalue weighted by atomic mass is 35.5. The topological polar surface area (TPSA) is 0 Å². The van der Waals surface area contributed by atoms with Crippen LogP contribution in [0.4, 0.5) is 0 Å². The monoisotopic (exact) mass is 459 g/mol. The minimum Gasteiger partial charge on any atom is -1.00 e. The molecule has 1 aromatic rings. The summed E-state index contributed by atoms with van der Waals surface area (Å²) in [6.07, 6.45) is 23.2. The van der Waals surface area contributed by atoms with Crippen LogP contribution in [0.3, 0.4) is 0 Å². The van der Waals surface area contributed by atoms with Crippen LogP contribution in [0, 0.1) is 0 Å². The SMILES string of the molecule is CCCCCCCCCCCCCCCCCC[N+](C)(C)Cc1ccccc1.Cl.[Cl-]. The van der Waals surface area contributed by atoms with Crippen molar-refractivity contribution in [1.82, 2.24) is 0 Å². The number of unbranched alkanes of at least 4 members (excludes halogenated alkanes) is 15.